The highest BCUT2D eigenvalue weighted by atomic mass is 16.3. The summed E-state index contributed by atoms with van der Waals surface area (Å²) in [7, 11) is 0. The second-order valence-corrected chi connectivity index (χ2v) is 13.4. The summed E-state index contributed by atoms with van der Waals surface area (Å²) < 4.78 is 1.72. The summed E-state index contributed by atoms with van der Waals surface area (Å²) in [5.41, 5.74) is 2.51. The highest BCUT2D eigenvalue weighted by Gasteiger charge is 2.39. The van der Waals surface area contributed by atoms with Crippen molar-refractivity contribution in [1.29, 1.82) is 0 Å². The third kappa shape index (κ3) is 10.8. The van der Waals surface area contributed by atoms with Gasteiger partial charge < -0.3 is 36.6 Å². The molecule has 1 aromatic carbocycles. The van der Waals surface area contributed by atoms with Gasteiger partial charge in [0.25, 0.3) is 0 Å². The molecular weight excluding hydrogens is 656 g/mol. The van der Waals surface area contributed by atoms with Gasteiger partial charge in [-0.05, 0) is 70.9 Å². The molecule has 0 bridgehead atoms. The Morgan fingerprint density at radius 2 is 1.67 bits per heavy atom. The molecule has 2 fully saturated rings. The zero-order valence-electron chi connectivity index (χ0n) is 29.9. The van der Waals surface area contributed by atoms with Crippen LogP contribution in [0.3, 0.4) is 0 Å². The molecule has 2 saturated heterocycles. The molecular formula is C36H52N8O7. The summed E-state index contributed by atoms with van der Waals surface area (Å²) in [6.07, 6.45) is 1.26. The summed E-state index contributed by atoms with van der Waals surface area (Å²) >= 11 is 0. The molecule has 6 N–H and O–H groups in total. The number of rotatable bonds is 8. The smallest absolute Gasteiger partial charge is 0.246 e. The Bertz CT molecular complexity index is 1540. The maximum Gasteiger partial charge on any atom is 0.246 e. The standard InChI is InChI=1S/C36H52N8O7/c1-5-26-32(47)41-31(24(4)45)35(50)40-28(21-25-12-7-6-8-13-25)36(51)43-18-11-15-29(43)34(49)37-17-10-9-14-27(33(48)39-26)38-30(46)16-19-44-23(3)20-22(2)42-44/h6-8,12-13,20,24,26-29,31,45H,5,9-11,14-19,21H2,1-4H3,(H,37,49)(H,38,46)(H,39,48)(H,40,50)(H,41,47)/t24-,26+,27+,28-,29+,31+/m1/s1. The Hall–Kier alpha value is -4.79. The number of hydrogen-bond donors (Lipinski definition) is 6. The quantitative estimate of drug-likeness (QED) is 0.222. The van der Waals surface area contributed by atoms with Gasteiger partial charge in [-0.2, -0.15) is 5.10 Å². The van der Waals surface area contributed by atoms with Crippen molar-refractivity contribution >= 4 is 35.4 Å². The number of carbonyl (C=O) groups is 6. The Morgan fingerprint density at radius 1 is 0.941 bits per heavy atom. The first-order chi connectivity index (χ1) is 24.4. The number of carbonyl (C=O) groups excluding carboxylic acids is 6. The number of amides is 6. The molecule has 4 rings (SSSR count). The average Bonchev–Trinajstić information content (AvgIpc) is 3.72. The van der Waals surface area contributed by atoms with Gasteiger partial charge in [0.05, 0.1) is 11.8 Å². The molecule has 278 valence electrons. The van der Waals surface area contributed by atoms with Crippen LogP contribution in [0, 0.1) is 13.8 Å². The molecule has 0 aliphatic carbocycles. The van der Waals surface area contributed by atoms with Crippen molar-refractivity contribution < 1.29 is 33.9 Å². The Labute approximate surface area is 298 Å². The van der Waals surface area contributed by atoms with E-state index in [9.17, 15) is 33.9 Å². The van der Waals surface area contributed by atoms with Crippen LogP contribution in [0.4, 0.5) is 0 Å². The van der Waals surface area contributed by atoms with Crippen LogP contribution < -0.4 is 26.6 Å². The lowest BCUT2D eigenvalue weighted by Crippen LogP contribution is -2.61. The lowest BCUT2D eigenvalue weighted by Gasteiger charge is -2.30. The molecule has 2 aromatic rings. The third-order valence-electron chi connectivity index (χ3n) is 9.36. The van der Waals surface area contributed by atoms with Crippen molar-refractivity contribution in [1.82, 2.24) is 41.3 Å². The fraction of sp³-hybridized carbons (Fsp3) is 0.583. The molecule has 0 saturated carbocycles. The predicted molar refractivity (Wildman–Crippen MR) is 188 cm³/mol. The number of aliphatic hydroxyl groups is 1. The van der Waals surface area contributed by atoms with Crippen LogP contribution in [0.1, 0.15) is 75.7 Å². The second kappa shape index (κ2) is 18.4. The molecule has 0 radical (unpaired) electrons. The summed E-state index contributed by atoms with van der Waals surface area (Å²) in [6.45, 7) is 7.72. The van der Waals surface area contributed by atoms with Crippen molar-refractivity contribution in [2.24, 2.45) is 0 Å². The molecule has 0 unspecified atom stereocenters. The van der Waals surface area contributed by atoms with Crippen LogP contribution in [0.2, 0.25) is 0 Å². The summed E-state index contributed by atoms with van der Waals surface area (Å²) in [5.74, 6) is -3.19. The molecule has 2 aliphatic rings. The van der Waals surface area contributed by atoms with Crippen LogP contribution in [-0.2, 0) is 41.7 Å². The molecule has 6 atom stereocenters. The van der Waals surface area contributed by atoms with E-state index in [0.717, 1.165) is 17.0 Å². The SMILES string of the molecule is CC[C@@H]1NC(=O)[C@@H](NC(=O)CCn2nc(C)cc2C)CCCCNC(=O)[C@@H]2CCCN2C(=O)[C@@H](Cc2ccccc2)NC(=O)[C@H]([C@@H](C)O)NC1=O. The van der Waals surface area contributed by atoms with Gasteiger partial charge in [-0.25, -0.2) is 0 Å². The Kier molecular flexibility index (Phi) is 14.1. The Balaban J connectivity index is 1.56. The van der Waals surface area contributed by atoms with Gasteiger partial charge in [-0.15, -0.1) is 0 Å². The maximum absolute atomic E-state index is 14.0. The minimum atomic E-state index is -1.46. The van der Waals surface area contributed by atoms with E-state index in [0.29, 0.717) is 38.8 Å². The van der Waals surface area contributed by atoms with Gasteiger partial charge in [0.2, 0.25) is 35.4 Å². The molecule has 2 aliphatic heterocycles. The highest BCUT2D eigenvalue weighted by Crippen LogP contribution is 2.20. The number of benzene rings is 1. The molecule has 51 heavy (non-hydrogen) atoms. The number of aryl methyl sites for hydroxylation is 3. The van der Waals surface area contributed by atoms with Gasteiger partial charge in [0.15, 0.2) is 0 Å². The van der Waals surface area contributed by atoms with E-state index in [2.05, 4.69) is 31.7 Å². The number of nitrogens with one attached hydrogen (secondary N) is 5. The number of aliphatic hydroxyl groups excluding tert-OH is 1. The number of fused-ring (bicyclic) bond motifs is 1. The summed E-state index contributed by atoms with van der Waals surface area (Å²) in [6, 6.07) is 5.67. The van der Waals surface area contributed by atoms with Crippen molar-refractivity contribution in [2.45, 2.75) is 122 Å². The maximum atomic E-state index is 14.0. The number of aromatic nitrogens is 2. The van der Waals surface area contributed by atoms with E-state index in [4.69, 9.17) is 0 Å². The lowest BCUT2D eigenvalue weighted by atomic mass is 10.0. The van der Waals surface area contributed by atoms with E-state index in [1.165, 1.54) is 11.8 Å². The molecule has 3 heterocycles. The predicted octanol–water partition coefficient (Wildman–Crippen LogP) is 0.154. The van der Waals surface area contributed by atoms with Gasteiger partial charge in [-0.1, -0.05) is 37.3 Å². The molecule has 15 heteroatoms. The van der Waals surface area contributed by atoms with Crippen molar-refractivity contribution in [2.75, 3.05) is 13.1 Å². The van der Waals surface area contributed by atoms with Crippen molar-refractivity contribution in [3.63, 3.8) is 0 Å². The first-order valence-electron chi connectivity index (χ1n) is 17.9. The molecule has 6 amide bonds. The van der Waals surface area contributed by atoms with Gasteiger partial charge >= 0.3 is 0 Å². The normalized spacial score (nSPS) is 24.9. The molecule has 15 nitrogen and oxygen atoms in total. The number of nitrogens with zero attached hydrogens (tertiary/aromatic N) is 3. The summed E-state index contributed by atoms with van der Waals surface area (Å²) in [4.78, 5) is 82.6. The van der Waals surface area contributed by atoms with Crippen LogP contribution in [0.5, 0.6) is 0 Å². The molecule has 0 spiro atoms. The minimum Gasteiger partial charge on any atom is -0.391 e. The van der Waals surface area contributed by atoms with Crippen molar-refractivity contribution in [3.05, 3.63) is 53.3 Å². The minimum absolute atomic E-state index is 0.0759. The van der Waals surface area contributed by atoms with Gasteiger partial charge in [0.1, 0.15) is 30.2 Å². The number of hydrogen-bond acceptors (Lipinski definition) is 8. The first-order valence-corrected chi connectivity index (χ1v) is 17.9. The Morgan fingerprint density at radius 3 is 2.33 bits per heavy atom. The monoisotopic (exact) mass is 708 g/mol. The third-order valence-corrected chi connectivity index (χ3v) is 9.36. The average molecular weight is 709 g/mol. The topological polar surface area (TPSA) is 204 Å². The largest absolute Gasteiger partial charge is 0.391 e. The van der Waals surface area contributed by atoms with Crippen LogP contribution >= 0.6 is 0 Å². The zero-order valence-corrected chi connectivity index (χ0v) is 29.9. The second-order valence-electron chi connectivity index (χ2n) is 13.4. The molecule has 1 aromatic heterocycles. The van der Waals surface area contributed by atoms with E-state index in [1.54, 1.807) is 11.6 Å². The fourth-order valence-corrected chi connectivity index (χ4v) is 6.55. The van der Waals surface area contributed by atoms with Crippen LogP contribution in [0.25, 0.3) is 0 Å². The van der Waals surface area contributed by atoms with Crippen LogP contribution in [0.15, 0.2) is 36.4 Å². The van der Waals surface area contributed by atoms with Gasteiger partial charge in [0, 0.05) is 38.2 Å². The van der Waals surface area contributed by atoms with E-state index in [1.807, 2.05) is 50.2 Å². The zero-order chi connectivity index (χ0) is 37.1. The van der Waals surface area contributed by atoms with E-state index < -0.39 is 59.9 Å². The first kappa shape index (κ1) is 39.0. The van der Waals surface area contributed by atoms with Gasteiger partial charge in [-0.3, -0.25) is 33.4 Å². The van der Waals surface area contributed by atoms with E-state index >= 15 is 0 Å². The van der Waals surface area contributed by atoms with Crippen molar-refractivity contribution in [3.8, 4) is 0 Å². The highest BCUT2D eigenvalue weighted by molar-refractivity contribution is 5.97. The summed E-state index contributed by atoms with van der Waals surface area (Å²) in [5, 5.41) is 28.7. The van der Waals surface area contributed by atoms with Crippen LogP contribution in [-0.4, -0.2) is 105 Å². The lowest BCUT2D eigenvalue weighted by molar-refractivity contribution is -0.142. The van der Waals surface area contributed by atoms with E-state index in [-0.39, 0.29) is 44.0 Å². The fourth-order valence-electron chi connectivity index (χ4n) is 6.55.